The maximum atomic E-state index is 13.1. The lowest BCUT2D eigenvalue weighted by atomic mass is 9.83. The first kappa shape index (κ1) is 25.7. The van der Waals surface area contributed by atoms with Crippen molar-refractivity contribution in [3.8, 4) is 0 Å². The number of fused-ring (bicyclic) bond motifs is 2. The zero-order valence-corrected chi connectivity index (χ0v) is 22.8. The summed E-state index contributed by atoms with van der Waals surface area (Å²) in [6.07, 6.45) is 3.12. The molecule has 0 bridgehead atoms. The highest BCUT2D eigenvalue weighted by molar-refractivity contribution is 5.94. The van der Waals surface area contributed by atoms with Crippen molar-refractivity contribution >= 4 is 5.91 Å². The second-order valence-corrected chi connectivity index (χ2v) is 11.2. The molecule has 0 radical (unpaired) electrons. The van der Waals surface area contributed by atoms with E-state index in [9.17, 15) is 4.79 Å². The van der Waals surface area contributed by atoms with Crippen LogP contribution in [0.1, 0.15) is 68.9 Å². The number of carbonyl (C=O) groups is 1. The molecule has 2 aliphatic rings. The Morgan fingerprint density at radius 2 is 1.73 bits per heavy atom. The van der Waals surface area contributed by atoms with Gasteiger partial charge in [0.2, 0.25) is 0 Å². The summed E-state index contributed by atoms with van der Waals surface area (Å²) in [5.41, 5.74) is 8.68. The number of hydrogen-bond acceptors (Lipinski definition) is 3. The molecule has 1 atom stereocenters. The molecule has 0 aliphatic carbocycles. The van der Waals surface area contributed by atoms with Crippen LogP contribution >= 0.6 is 0 Å². The van der Waals surface area contributed by atoms with Crippen molar-refractivity contribution in [2.24, 2.45) is 0 Å². The van der Waals surface area contributed by atoms with Crippen molar-refractivity contribution in [3.63, 3.8) is 0 Å². The number of aryl methyl sites for hydroxylation is 3. The summed E-state index contributed by atoms with van der Waals surface area (Å²) in [4.78, 5) is 17.6. The molecule has 1 saturated heterocycles. The number of carbonyl (C=O) groups excluding carboxylic acids is 1. The fourth-order valence-corrected chi connectivity index (χ4v) is 6.07. The molecule has 1 amide bonds. The molecular formula is C33H40N2O2. The predicted octanol–water partition coefficient (Wildman–Crippen LogP) is 6.38. The Bertz CT molecular complexity index is 1240. The first-order valence-corrected chi connectivity index (χ1v) is 13.7. The summed E-state index contributed by atoms with van der Waals surface area (Å²) in [5.74, 6) is 0.376. The molecule has 3 aromatic rings. The molecule has 5 rings (SSSR count). The lowest BCUT2D eigenvalue weighted by molar-refractivity contribution is -0.0790. The molecule has 2 heterocycles. The topological polar surface area (TPSA) is 32.8 Å². The van der Waals surface area contributed by atoms with Crippen molar-refractivity contribution in [2.75, 3.05) is 33.2 Å². The van der Waals surface area contributed by atoms with Gasteiger partial charge in [-0.1, -0.05) is 60.2 Å². The normalized spacial score (nSPS) is 17.5. The lowest BCUT2D eigenvalue weighted by Crippen LogP contribution is -2.43. The van der Waals surface area contributed by atoms with Gasteiger partial charge in [0.1, 0.15) is 0 Å². The van der Waals surface area contributed by atoms with E-state index in [0.717, 1.165) is 51.1 Å². The Kier molecular flexibility index (Phi) is 7.50. The maximum absolute atomic E-state index is 13.1. The summed E-state index contributed by atoms with van der Waals surface area (Å²) in [6.45, 7) is 11.1. The lowest BCUT2D eigenvalue weighted by Gasteiger charge is -2.40. The molecule has 1 unspecified atom stereocenters. The van der Waals surface area contributed by atoms with E-state index < -0.39 is 0 Å². The minimum Gasteiger partial charge on any atom is -0.365 e. The van der Waals surface area contributed by atoms with Gasteiger partial charge in [-0.05, 0) is 86.5 Å². The van der Waals surface area contributed by atoms with Crippen LogP contribution < -0.4 is 0 Å². The Morgan fingerprint density at radius 1 is 0.973 bits per heavy atom. The average Bonchev–Trinajstić information content (AvgIpc) is 3.25. The molecule has 4 heteroatoms. The van der Waals surface area contributed by atoms with Crippen LogP contribution in [0.5, 0.6) is 0 Å². The molecule has 37 heavy (non-hydrogen) atoms. The van der Waals surface area contributed by atoms with Crippen LogP contribution in [-0.4, -0.2) is 48.9 Å². The van der Waals surface area contributed by atoms with Gasteiger partial charge in [-0.3, -0.25) is 4.79 Å². The van der Waals surface area contributed by atoms with Gasteiger partial charge in [0.15, 0.2) is 0 Å². The molecule has 0 aromatic heterocycles. The summed E-state index contributed by atoms with van der Waals surface area (Å²) in [7, 11) is 1.94. The fraction of sp³-hybridized carbons (Fsp3) is 0.424. The Hall–Kier alpha value is -2.95. The quantitative estimate of drug-likeness (QED) is 0.381. The summed E-state index contributed by atoms with van der Waals surface area (Å²) in [5, 5.41) is 0. The van der Waals surface area contributed by atoms with Crippen molar-refractivity contribution in [3.05, 3.63) is 106 Å². The number of amides is 1. The third kappa shape index (κ3) is 5.51. The van der Waals surface area contributed by atoms with E-state index in [1.54, 1.807) is 0 Å². The van der Waals surface area contributed by atoms with Crippen molar-refractivity contribution in [2.45, 2.75) is 58.2 Å². The largest absolute Gasteiger partial charge is 0.365 e. The molecule has 4 nitrogen and oxygen atoms in total. The molecular weight excluding hydrogens is 456 g/mol. The van der Waals surface area contributed by atoms with Gasteiger partial charge in [0.05, 0.1) is 12.2 Å². The summed E-state index contributed by atoms with van der Waals surface area (Å²) >= 11 is 0. The monoisotopic (exact) mass is 496 g/mol. The predicted molar refractivity (Wildman–Crippen MR) is 150 cm³/mol. The van der Waals surface area contributed by atoms with Crippen LogP contribution in [0, 0.1) is 20.8 Å². The van der Waals surface area contributed by atoms with E-state index in [1.165, 1.54) is 33.4 Å². The Morgan fingerprint density at radius 3 is 2.46 bits per heavy atom. The molecule has 2 aliphatic heterocycles. The molecule has 1 spiro atoms. The van der Waals surface area contributed by atoms with Crippen molar-refractivity contribution in [1.29, 1.82) is 0 Å². The maximum Gasteiger partial charge on any atom is 0.253 e. The van der Waals surface area contributed by atoms with Crippen LogP contribution in [0.15, 0.2) is 66.7 Å². The number of likely N-dealkylation sites (tertiary alicyclic amines) is 1. The minimum absolute atomic E-state index is 0.0848. The molecule has 0 saturated carbocycles. The van der Waals surface area contributed by atoms with E-state index in [-0.39, 0.29) is 11.5 Å². The van der Waals surface area contributed by atoms with E-state index >= 15 is 0 Å². The third-order valence-electron chi connectivity index (χ3n) is 8.58. The Balaban J connectivity index is 1.25. The van der Waals surface area contributed by atoms with Gasteiger partial charge < -0.3 is 14.5 Å². The van der Waals surface area contributed by atoms with E-state index in [4.69, 9.17) is 4.74 Å². The number of nitrogens with zero attached hydrogens (tertiary/aromatic N) is 2. The van der Waals surface area contributed by atoms with Gasteiger partial charge in [0, 0.05) is 38.2 Å². The SMILES string of the molecule is Cc1ccc2c(c1)COC21CCN(CCC(CN(C)C(=O)c2ccccc2)c2ccc(C)c(C)c2)CC1. The smallest absolute Gasteiger partial charge is 0.253 e. The van der Waals surface area contributed by atoms with Gasteiger partial charge in [-0.2, -0.15) is 0 Å². The average molecular weight is 497 g/mol. The minimum atomic E-state index is -0.102. The van der Waals surface area contributed by atoms with Crippen LogP contribution in [0.4, 0.5) is 0 Å². The number of hydrogen-bond donors (Lipinski definition) is 0. The van der Waals surface area contributed by atoms with E-state index in [0.29, 0.717) is 12.5 Å². The Labute approximate surface area is 222 Å². The van der Waals surface area contributed by atoms with Crippen LogP contribution in [-0.2, 0) is 16.9 Å². The van der Waals surface area contributed by atoms with Gasteiger partial charge in [0.25, 0.3) is 5.91 Å². The molecule has 0 N–H and O–H groups in total. The number of likely N-dealkylation sites (N-methyl/N-ethyl adjacent to an activating group) is 1. The van der Waals surface area contributed by atoms with E-state index in [2.05, 4.69) is 62.1 Å². The highest BCUT2D eigenvalue weighted by atomic mass is 16.5. The number of piperidine rings is 1. The van der Waals surface area contributed by atoms with Crippen LogP contribution in [0.3, 0.4) is 0 Å². The second-order valence-electron chi connectivity index (χ2n) is 11.2. The van der Waals surface area contributed by atoms with E-state index in [1.807, 2.05) is 42.3 Å². The fourth-order valence-electron chi connectivity index (χ4n) is 6.07. The number of rotatable bonds is 7. The van der Waals surface area contributed by atoms with Crippen LogP contribution in [0.25, 0.3) is 0 Å². The number of benzene rings is 3. The first-order valence-electron chi connectivity index (χ1n) is 13.7. The highest BCUT2D eigenvalue weighted by Gasteiger charge is 2.42. The van der Waals surface area contributed by atoms with Crippen LogP contribution in [0.2, 0.25) is 0 Å². The molecule has 194 valence electrons. The summed E-state index contributed by atoms with van der Waals surface area (Å²) < 4.78 is 6.42. The third-order valence-corrected chi connectivity index (χ3v) is 8.58. The first-order chi connectivity index (χ1) is 17.8. The van der Waals surface area contributed by atoms with Crippen molar-refractivity contribution < 1.29 is 9.53 Å². The zero-order valence-electron chi connectivity index (χ0n) is 22.8. The zero-order chi connectivity index (χ0) is 26.0. The number of ether oxygens (including phenoxy) is 1. The summed E-state index contributed by atoms with van der Waals surface area (Å²) in [6, 6.07) is 23.2. The van der Waals surface area contributed by atoms with Gasteiger partial charge in [-0.15, -0.1) is 0 Å². The molecule has 1 fully saturated rings. The van der Waals surface area contributed by atoms with Gasteiger partial charge >= 0.3 is 0 Å². The van der Waals surface area contributed by atoms with Crippen molar-refractivity contribution in [1.82, 2.24) is 9.80 Å². The standard InChI is InChI=1S/C33H40N2O2/c1-24-10-13-31-30(20-24)23-37-33(31)15-18-35(19-16-33)17-14-29(28-12-11-25(2)26(3)21-28)22-34(4)32(36)27-8-6-5-7-9-27/h5-13,20-21,29H,14-19,22-23H2,1-4H3. The highest BCUT2D eigenvalue weighted by Crippen LogP contribution is 2.44. The molecule has 3 aromatic carbocycles. The second kappa shape index (κ2) is 10.8. The van der Waals surface area contributed by atoms with Gasteiger partial charge in [-0.25, -0.2) is 0 Å².